The van der Waals surface area contributed by atoms with E-state index in [2.05, 4.69) is 4.98 Å². The van der Waals surface area contributed by atoms with Gasteiger partial charge in [-0.1, -0.05) is 30.3 Å². The fraction of sp³-hybridized carbons (Fsp3) is 0.130. The summed E-state index contributed by atoms with van der Waals surface area (Å²) in [6, 6.07) is 17.1. The number of rotatable bonds is 4. The number of carbonyl (C=O) groups excluding carboxylic acids is 2. The minimum atomic E-state index is -0.388. The summed E-state index contributed by atoms with van der Waals surface area (Å²) in [5.41, 5.74) is 4.72. The summed E-state index contributed by atoms with van der Waals surface area (Å²) >= 11 is 1.49. The predicted molar refractivity (Wildman–Crippen MR) is 116 cm³/mol. The van der Waals surface area contributed by atoms with Gasteiger partial charge in [0, 0.05) is 26.7 Å². The Kier molecular flexibility index (Phi) is 5.03. The van der Waals surface area contributed by atoms with Gasteiger partial charge in [-0.05, 0) is 36.1 Å². The normalized spacial score (nSPS) is 11.0. The van der Waals surface area contributed by atoms with Crippen molar-refractivity contribution in [2.24, 2.45) is 0 Å². The zero-order valence-corrected chi connectivity index (χ0v) is 17.1. The minimum Gasteiger partial charge on any atom is -0.465 e. The third-order valence-corrected chi connectivity index (χ3v) is 5.79. The highest BCUT2D eigenvalue weighted by atomic mass is 32.2. The summed E-state index contributed by atoms with van der Waals surface area (Å²) in [5, 5.41) is 1.98. The van der Waals surface area contributed by atoms with Crippen molar-refractivity contribution in [2.45, 2.75) is 4.90 Å². The fourth-order valence-electron chi connectivity index (χ4n) is 3.61. The molecule has 0 aliphatic heterocycles. The molecule has 29 heavy (non-hydrogen) atoms. The highest BCUT2D eigenvalue weighted by molar-refractivity contribution is 7.98. The first-order valence-electron chi connectivity index (χ1n) is 8.97. The third-order valence-electron chi connectivity index (χ3n) is 4.96. The second-order valence-electron chi connectivity index (χ2n) is 6.49. The quantitative estimate of drug-likeness (QED) is 0.369. The van der Waals surface area contributed by atoms with Crippen molar-refractivity contribution in [3.05, 3.63) is 65.7 Å². The fourth-order valence-corrected chi connectivity index (χ4v) is 4.39. The van der Waals surface area contributed by atoms with E-state index < -0.39 is 0 Å². The standard InChI is InChI=1S/C23H19NO4S/c1-27-22(25)14-10-8-13(9-11-14)19-20-16(15-6-4-5-7-18(15)24-20)12-17(21(19)29-3)23(26)28-2/h4-12,24H,1-3H3. The molecule has 0 saturated heterocycles. The molecule has 0 fully saturated rings. The molecule has 0 saturated carbocycles. The molecule has 0 aliphatic carbocycles. The molecule has 4 rings (SSSR count). The minimum absolute atomic E-state index is 0.381. The number of nitrogens with one attached hydrogen (secondary N) is 1. The number of hydrogen-bond acceptors (Lipinski definition) is 5. The van der Waals surface area contributed by atoms with Crippen molar-refractivity contribution < 1.29 is 19.1 Å². The second-order valence-corrected chi connectivity index (χ2v) is 7.30. The van der Waals surface area contributed by atoms with Crippen LogP contribution in [0.5, 0.6) is 0 Å². The number of ether oxygens (including phenoxy) is 2. The van der Waals surface area contributed by atoms with Gasteiger partial charge in [0.2, 0.25) is 0 Å². The van der Waals surface area contributed by atoms with E-state index in [0.717, 1.165) is 37.8 Å². The molecule has 4 aromatic rings. The molecule has 0 aliphatic rings. The van der Waals surface area contributed by atoms with Gasteiger partial charge in [0.15, 0.2) is 0 Å². The van der Waals surface area contributed by atoms with E-state index in [4.69, 9.17) is 9.47 Å². The summed E-state index contributed by atoms with van der Waals surface area (Å²) in [4.78, 5) is 28.7. The molecule has 146 valence electrons. The average Bonchev–Trinajstić information content (AvgIpc) is 3.15. The van der Waals surface area contributed by atoms with Gasteiger partial charge in [0.1, 0.15) is 0 Å². The first-order chi connectivity index (χ1) is 14.1. The van der Waals surface area contributed by atoms with E-state index in [-0.39, 0.29) is 11.9 Å². The number of aromatic amines is 1. The Labute approximate surface area is 172 Å². The number of carbonyl (C=O) groups is 2. The number of esters is 2. The van der Waals surface area contributed by atoms with Gasteiger partial charge < -0.3 is 14.5 Å². The molecule has 5 nitrogen and oxygen atoms in total. The lowest BCUT2D eigenvalue weighted by atomic mass is 9.97. The first kappa shape index (κ1) is 19.1. The molecule has 0 atom stereocenters. The van der Waals surface area contributed by atoms with Gasteiger partial charge in [0.25, 0.3) is 0 Å². The highest BCUT2D eigenvalue weighted by Crippen LogP contribution is 2.42. The van der Waals surface area contributed by atoms with Crippen molar-refractivity contribution in [3.63, 3.8) is 0 Å². The molecular weight excluding hydrogens is 386 g/mol. The molecule has 0 radical (unpaired) electrons. The topological polar surface area (TPSA) is 68.4 Å². The van der Waals surface area contributed by atoms with Gasteiger partial charge in [-0.25, -0.2) is 9.59 Å². The van der Waals surface area contributed by atoms with Crippen molar-refractivity contribution in [3.8, 4) is 11.1 Å². The third kappa shape index (κ3) is 3.15. The van der Waals surface area contributed by atoms with Crippen LogP contribution in [0, 0.1) is 0 Å². The number of benzene rings is 3. The number of fused-ring (bicyclic) bond motifs is 3. The molecule has 0 amide bonds. The lowest BCUT2D eigenvalue weighted by Crippen LogP contribution is -2.05. The second kappa shape index (κ2) is 7.64. The molecule has 0 bridgehead atoms. The molecule has 1 N–H and O–H groups in total. The van der Waals surface area contributed by atoms with Crippen LogP contribution in [0.15, 0.2) is 59.5 Å². The maximum absolute atomic E-state index is 12.6. The van der Waals surface area contributed by atoms with Gasteiger partial charge in [-0.3, -0.25) is 0 Å². The Hall–Kier alpha value is -3.25. The number of methoxy groups -OCH3 is 2. The van der Waals surface area contributed by atoms with E-state index in [9.17, 15) is 9.59 Å². The zero-order valence-electron chi connectivity index (χ0n) is 16.2. The van der Waals surface area contributed by atoms with Crippen LogP contribution >= 0.6 is 11.8 Å². The largest absolute Gasteiger partial charge is 0.465 e. The highest BCUT2D eigenvalue weighted by Gasteiger charge is 2.22. The maximum Gasteiger partial charge on any atom is 0.339 e. The lowest BCUT2D eigenvalue weighted by molar-refractivity contribution is 0.0590. The van der Waals surface area contributed by atoms with E-state index in [0.29, 0.717) is 11.1 Å². The van der Waals surface area contributed by atoms with E-state index in [1.165, 1.54) is 26.0 Å². The molecule has 1 aromatic heterocycles. The zero-order chi connectivity index (χ0) is 20.5. The number of thioether (sulfide) groups is 1. The van der Waals surface area contributed by atoms with Gasteiger partial charge >= 0.3 is 11.9 Å². The maximum atomic E-state index is 12.6. The molecule has 0 spiro atoms. The predicted octanol–water partition coefficient (Wildman–Crippen LogP) is 5.28. The van der Waals surface area contributed by atoms with Crippen LogP contribution in [0.25, 0.3) is 32.9 Å². The molecule has 1 heterocycles. The number of para-hydroxylation sites is 1. The van der Waals surface area contributed by atoms with Crippen LogP contribution in [0.2, 0.25) is 0 Å². The number of aromatic nitrogens is 1. The molecule has 0 unspecified atom stereocenters. The summed E-state index contributed by atoms with van der Waals surface area (Å²) < 4.78 is 9.84. The Morgan fingerprint density at radius 2 is 1.59 bits per heavy atom. The number of hydrogen-bond donors (Lipinski definition) is 1. The van der Waals surface area contributed by atoms with Crippen molar-refractivity contribution in [2.75, 3.05) is 20.5 Å². The smallest absolute Gasteiger partial charge is 0.339 e. The monoisotopic (exact) mass is 405 g/mol. The van der Waals surface area contributed by atoms with Crippen LogP contribution in [0.3, 0.4) is 0 Å². The molecule has 6 heteroatoms. The Morgan fingerprint density at radius 3 is 2.24 bits per heavy atom. The van der Waals surface area contributed by atoms with Crippen LogP contribution in [0.4, 0.5) is 0 Å². The average molecular weight is 405 g/mol. The Bertz CT molecular complexity index is 1240. The van der Waals surface area contributed by atoms with Crippen LogP contribution in [-0.4, -0.2) is 37.4 Å². The first-order valence-corrected chi connectivity index (χ1v) is 10.2. The van der Waals surface area contributed by atoms with Crippen molar-refractivity contribution in [1.82, 2.24) is 4.98 Å². The number of H-pyrrole nitrogens is 1. The summed E-state index contributed by atoms with van der Waals surface area (Å²) in [5.74, 6) is -0.769. The lowest BCUT2D eigenvalue weighted by Gasteiger charge is -2.14. The Balaban J connectivity index is 2.07. The van der Waals surface area contributed by atoms with E-state index in [1.54, 1.807) is 12.1 Å². The summed E-state index contributed by atoms with van der Waals surface area (Å²) in [6.07, 6.45) is 1.93. The van der Waals surface area contributed by atoms with Crippen molar-refractivity contribution >= 4 is 45.5 Å². The van der Waals surface area contributed by atoms with Gasteiger partial charge in [0.05, 0.1) is 30.9 Å². The van der Waals surface area contributed by atoms with Crippen LogP contribution in [-0.2, 0) is 9.47 Å². The van der Waals surface area contributed by atoms with Crippen LogP contribution < -0.4 is 0 Å². The van der Waals surface area contributed by atoms with Crippen molar-refractivity contribution in [1.29, 1.82) is 0 Å². The SMILES string of the molecule is COC(=O)c1ccc(-c2c(SC)c(C(=O)OC)cc3c2[nH]c2ccccc23)cc1. The summed E-state index contributed by atoms with van der Waals surface area (Å²) in [7, 11) is 2.74. The Morgan fingerprint density at radius 1 is 0.897 bits per heavy atom. The molecular formula is C23H19NO4S. The van der Waals surface area contributed by atoms with E-state index in [1.807, 2.05) is 48.7 Å². The van der Waals surface area contributed by atoms with Gasteiger partial charge in [-0.15, -0.1) is 11.8 Å². The van der Waals surface area contributed by atoms with Crippen LogP contribution in [0.1, 0.15) is 20.7 Å². The summed E-state index contributed by atoms with van der Waals surface area (Å²) in [6.45, 7) is 0. The van der Waals surface area contributed by atoms with E-state index >= 15 is 0 Å². The molecule has 3 aromatic carbocycles. The van der Waals surface area contributed by atoms with Gasteiger partial charge in [-0.2, -0.15) is 0 Å².